The monoisotopic (exact) mass is 407 g/mol. The summed E-state index contributed by atoms with van der Waals surface area (Å²) in [7, 11) is 2.08. The third-order valence-electron chi connectivity index (χ3n) is 4.79. The maximum atomic E-state index is 12.8. The number of benzene rings is 1. The highest BCUT2D eigenvalue weighted by Gasteiger charge is 2.30. The second-order valence-corrected chi connectivity index (χ2v) is 6.99. The van der Waals surface area contributed by atoms with Gasteiger partial charge in [0.15, 0.2) is 0 Å². The Morgan fingerprint density at radius 1 is 1.14 bits per heavy atom. The number of piperazine rings is 1. The Balaban J connectivity index is 1.54. The van der Waals surface area contributed by atoms with E-state index in [1.165, 1.54) is 12.1 Å². The first-order valence-corrected chi connectivity index (χ1v) is 9.38. The van der Waals surface area contributed by atoms with E-state index in [1.54, 1.807) is 6.20 Å². The van der Waals surface area contributed by atoms with Crippen LogP contribution in [0.15, 0.2) is 42.6 Å². The third kappa shape index (κ3) is 5.83. The summed E-state index contributed by atoms with van der Waals surface area (Å²) in [5.74, 6) is 0.544. The van der Waals surface area contributed by atoms with Crippen molar-refractivity contribution in [2.24, 2.45) is 0 Å². The van der Waals surface area contributed by atoms with Gasteiger partial charge in [-0.15, -0.1) is 0 Å². The van der Waals surface area contributed by atoms with Gasteiger partial charge in [0.2, 0.25) is 5.91 Å². The van der Waals surface area contributed by atoms with Gasteiger partial charge in [-0.05, 0) is 31.3 Å². The molecule has 0 saturated carbocycles. The average molecular weight is 407 g/mol. The molecule has 1 saturated heterocycles. The molecule has 0 spiro atoms. The number of alkyl halides is 3. The molecule has 1 aliphatic heterocycles. The molecule has 6 nitrogen and oxygen atoms in total. The first-order chi connectivity index (χ1) is 13.8. The lowest BCUT2D eigenvalue weighted by molar-refractivity contribution is -0.137. The van der Waals surface area contributed by atoms with Gasteiger partial charge in [0.25, 0.3) is 0 Å². The van der Waals surface area contributed by atoms with E-state index in [-0.39, 0.29) is 18.1 Å². The second-order valence-electron chi connectivity index (χ2n) is 6.99. The molecule has 0 radical (unpaired) electrons. The lowest BCUT2D eigenvalue weighted by Gasteiger charge is -2.34. The van der Waals surface area contributed by atoms with E-state index in [4.69, 9.17) is 0 Å². The zero-order valence-electron chi connectivity index (χ0n) is 16.2. The van der Waals surface area contributed by atoms with Gasteiger partial charge >= 0.3 is 6.18 Å². The number of likely N-dealkylation sites (N-methyl/N-ethyl adjacent to an activating group) is 1. The first-order valence-electron chi connectivity index (χ1n) is 9.38. The molecule has 0 aliphatic carbocycles. The standard InChI is InChI=1S/C20H24F3N5O/c1-27-8-10-28(11-9-27)19-15(4-3-7-24-19)13-26-18(29)14-25-17-6-2-5-16(12-17)20(21,22)23/h2-7,12,25H,8-11,13-14H2,1H3,(H,26,29). The van der Waals surface area contributed by atoms with E-state index in [2.05, 4.69) is 32.5 Å². The summed E-state index contributed by atoms with van der Waals surface area (Å²) >= 11 is 0. The zero-order valence-corrected chi connectivity index (χ0v) is 16.2. The van der Waals surface area contributed by atoms with Crippen molar-refractivity contribution in [3.63, 3.8) is 0 Å². The van der Waals surface area contributed by atoms with Crippen LogP contribution in [0.2, 0.25) is 0 Å². The van der Waals surface area contributed by atoms with Crippen LogP contribution < -0.4 is 15.5 Å². The Morgan fingerprint density at radius 2 is 1.90 bits per heavy atom. The first kappa shape index (κ1) is 20.9. The lowest BCUT2D eigenvalue weighted by atomic mass is 10.2. The zero-order chi connectivity index (χ0) is 20.9. The van der Waals surface area contributed by atoms with Gasteiger partial charge < -0.3 is 20.4 Å². The van der Waals surface area contributed by atoms with Crippen LogP contribution in [0.4, 0.5) is 24.7 Å². The SMILES string of the molecule is CN1CCN(c2ncccc2CNC(=O)CNc2cccc(C(F)(F)F)c2)CC1. The third-order valence-corrected chi connectivity index (χ3v) is 4.79. The van der Waals surface area contributed by atoms with Gasteiger partial charge in [0, 0.05) is 50.2 Å². The molecule has 2 N–H and O–H groups in total. The molecule has 0 unspecified atom stereocenters. The van der Waals surface area contributed by atoms with Gasteiger partial charge in [0.05, 0.1) is 12.1 Å². The van der Waals surface area contributed by atoms with Gasteiger partial charge in [-0.3, -0.25) is 4.79 Å². The van der Waals surface area contributed by atoms with Crippen LogP contribution in [0, 0.1) is 0 Å². The summed E-state index contributed by atoms with van der Waals surface area (Å²) in [5.41, 5.74) is 0.397. The number of nitrogens with zero attached hydrogens (tertiary/aromatic N) is 3. The minimum atomic E-state index is -4.42. The van der Waals surface area contributed by atoms with Crippen molar-refractivity contribution in [1.82, 2.24) is 15.2 Å². The number of hydrogen-bond acceptors (Lipinski definition) is 5. The molecule has 2 heterocycles. The van der Waals surface area contributed by atoms with E-state index in [1.807, 2.05) is 12.1 Å². The van der Waals surface area contributed by atoms with E-state index in [9.17, 15) is 18.0 Å². The van der Waals surface area contributed by atoms with Gasteiger partial charge in [-0.25, -0.2) is 4.98 Å². The topological polar surface area (TPSA) is 60.5 Å². The Labute approximate surface area is 167 Å². The molecule has 1 aromatic carbocycles. The summed E-state index contributed by atoms with van der Waals surface area (Å²) in [6.45, 7) is 3.81. The van der Waals surface area contributed by atoms with Crippen LogP contribution in [0.25, 0.3) is 0 Å². The Kier molecular flexibility index (Phi) is 6.58. The fourth-order valence-corrected chi connectivity index (χ4v) is 3.12. The molecule has 1 aromatic heterocycles. The lowest BCUT2D eigenvalue weighted by Crippen LogP contribution is -2.45. The van der Waals surface area contributed by atoms with E-state index < -0.39 is 11.7 Å². The van der Waals surface area contributed by atoms with Gasteiger partial charge in [-0.2, -0.15) is 13.2 Å². The Hall–Kier alpha value is -2.81. The maximum absolute atomic E-state index is 12.8. The fourth-order valence-electron chi connectivity index (χ4n) is 3.12. The fraction of sp³-hybridized carbons (Fsp3) is 0.400. The smallest absolute Gasteiger partial charge is 0.376 e. The van der Waals surface area contributed by atoms with Crippen molar-refractivity contribution in [3.8, 4) is 0 Å². The summed E-state index contributed by atoms with van der Waals surface area (Å²) in [6, 6.07) is 8.52. The summed E-state index contributed by atoms with van der Waals surface area (Å²) in [4.78, 5) is 21.1. The number of amides is 1. The highest BCUT2D eigenvalue weighted by atomic mass is 19.4. The molecule has 1 amide bonds. The number of aromatic nitrogens is 1. The molecular weight excluding hydrogens is 383 g/mol. The highest BCUT2D eigenvalue weighted by molar-refractivity contribution is 5.80. The van der Waals surface area contributed by atoms with Crippen LogP contribution in [0.3, 0.4) is 0 Å². The number of carbonyl (C=O) groups is 1. The molecule has 2 aromatic rings. The molecular formula is C20H24F3N5O. The summed E-state index contributed by atoms with van der Waals surface area (Å²) < 4.78 is 38.3. The minimum Gasteiger partial charge on any atom is -0.376 e. The van der Waals surface area contributed by atoms with Crippen molar-refractivity contribution in [3.05, 3.63) is 53.7 Å². The second kappa shape index (κ2) is 9.13. The molecule has 0 bridgehead atoms. The largest absolute Gasteiger partial charge is 0.416 e. The number of halogens is 3. The molecule has 9 heteroatoms. The minimum absolute atomic E-state index is 0.120. The van der Waals surface area contributed by atoms with Crippen LogP contribution in [-0.2, 0) is 17.5 Å². The molecule has 156 valence electrons. The van der Waals surface area contributed by atoms with E-state index >= 15 is 0 Å². The van der Waals surface area contributed by atoms with Crippen molar-refractivity contribution in [2.45, 2.75) is 12.7 Å². The van der Waals surface area contributed by atoms with Crippen molar-refractivity contribution >= 4 is 17.4 Å². The van der Waals surface area contributed by atoms with E-state index in [0.717, 1.165) is 49.7 Å². The number of rotatable bonds is 6. The Morgan fingerprint density at radius 3 is 2.62 bits per heavy atom. The molecule has 0 atom stereocenters. The number of nitrogens with one attached hydrogen (secondary N) is 2. The molecule has 29 heavy (non-hydrogen) atoms. The quantitative estimate of drug-likeness (QED) is 0.771. The van der Waals surface area contributed by atoms with Gasteiger partial charge in [0.1, 0.15) is 5.82 Å². The maximum Gasteiger partial charge on any atom is 0.416 e. The summed E-state index contributed by atoms with van der Waals surface area (Å²) in [5, 5.41) is 5.53. The average Bonchev–Trinajstić information content (AvgIpc) is 2.71. The highest BCUT2D eigenvalue weighted by Crippen LogP contribution is 2.30. The van der Waals surface area contributed by atoms with Crippen LogP contribution in [-0.4, -0.2) is 55.6 Å². The van der Waals surface area contributed by atoms with Crippen molar-refractivity contribution in [2.75, 3.05) is 50.0 Å². The van der Waals surface area contributed by atoms with E-state index in [0.29, 0.717) is 6.54 Å². The van der Waals surface area contributed by atoms with Crippen molar-refractivity contribution in [1.29, 1.82) is 0 Å². The predicted octanol–water partition coefficient (Wildman–Crippen LogP) is 2.58. The van der Waals surface area contributed by atoms with Crippen LogP contribution in [0.1, 0.15) is 11.1 Å². The number of hydrogen-bond donors (Lipinski definition) is 2. The van der Waals surface area contributed by atoms with Crippen LogP contribution >= 0.6 is 0 Å². The number of anilines is 2. The number of carbonyl (C=O) groups excluding carboxylic acids is 1. The molecule has 1 fully saturated rings. The number of pyridine rings is 1. The summed E-state index contributed by atoms with van der Waals surface area (Å²) in [6.07, 6.45) is -2.69. The van der Waals surface area contributed by atoms with Crippen LogP contribution in [0.5, 0.6) is 0 Å². The Bertz CT molecular complexity index is 835. The normalized spacial score (nSPS) is 15.2. The predicted molar refractivity (Wildman–Crippen MR) is 106 cm³/mol. The van der Waals surface area contributed by atoms with Gasteiger partial charge in [-0.1, -0.05) is 12.1 Å². The van der Waals surface area contributed by atoms with Crippen molar-refractivity contribution < 1.29 is 18.0 Å². The molecule has 3 rings (SSSR count). The molecule has 1 aliphatic rings.